The van der Waals surface area contributed by atoms with Crippen LogP contribution in [0.15, 0.2) is 36.4 Å². The van der Waals surface area contributed by atoms with Crippen molar-refractivity contribution in [3.8, 4) is 0 Å². The van der Waals surface area contributed by atoms with Crippen LogP contribution in [0.3, 0.4) is 0 Å². The topological polar surface area (TPSA) is 42.2 Å². The lowest BCUT2D eigenvalue weighted by atomic mass is 9.90. The fourth-order valence-corrected chi connectivity index (χ4v) is 3.32. The Hall–Kier alpha value is -1.45. The third-order valence-electron chi connectivity index (χ3n) is 4.49. The molecule has 0 aliphatic carbocycles. The number of hydrogen-bond acceptors (Lipinski definition) is 3. The van der Waals surface area contributed by atoms with Gasteiger partial charge in [-0.2, -0.15) is 0 Å². The number of aromatic nitrogens is 1. The third kappa shape index (κ3) is 2.69. The maximum Gasteiger partial charge on any atom is 0.0705 e. The SMILES string of the molecule is CC1CCCN(Cc2ccc3ccccc3n2)C1CN. The van der Waals surface area contributed by atoms with Crippen molar-refractivity contribution in [1.82, 2.24) is 9.88 Å². The van der Waals surface area contributed by atoms with Crippen LogP contribution in [-0.2, 0) is 6.54 Å². The summed E-state index contributed by atoms with van der Waals surface area (Å²) in [6.07, 6.45) is 2.56. The van der Waals surface area contributed by atoms with Gasteiger partial charge in [-0.15, -0.1) is 0 Å². The lowest BCUT2D eigenvalue weighted by Gasteiger charge is -2.39. The van der Waals surface area contributed by atoms with E-state index < -0.39 is 0 Å². The summed E-state index contributed by atoms with van der Waals surface area (Å²) in [4.78, 5) is 7.29. The second-order valence-electron chi connectivity index (χ2n) is 5.89. The highest BCUT2D eigenvalue weighted by Gasteiger charge is 2.27. The molecule has 1 aromatic heterocycles. The molecule has 3 nitrogen and oxygen atoms in total. The van der Waals surface area contributed by atoms with Gasteiger partial charge >= 0.3 is 0 Å². The average molecular weight is 269 g/mol. The Kier molecular flexibility index (Phi) is 3.99. The number of rotatable bonds is 3. The number of hydrogen-bond donors (Lipinski definition) is 1. The number of benzene rings is 1. The summed E-state index contributed by atoms with van der Waals surface area (Å²) < 4.78 is 0. The number of pyridine rings is 1. The van der Waals surface area contributed by atoms with Gasteiger partial charge in [0.1, 0.15) is 0 Å². The highest BCUT2D eigenvalue weighted by molar-refractivity contribution is 5.78. The molecule has 3 rings (SSSR count). The van der Waals surface area contributed by atoms with E-state index in [0.717, 1.165) is 30.8 Å². The lowest BCUT2D eigenvalue weighted by molar-refractivity contribution is 0.0979. The molecule has 20 heavy (non-hydrogen) atoms. The molecule has 0 radical (unpaired) electrons. The maximum absolute atomic E-state index is 5.97. The van der Waals surface area contributed by atoms with Crippen LogP contribution >= 0.6 is 0 Å². The Labute approximate surface area is 120 Å². The second kappa shape index (κ2) is 5.90. The van der Waals surface area contributed by atoms with Crippen molar-refractivity contribution in [2.75, 3.05) is 13.1 Å². The number of fused-ring (bicyclic) bond motifs is 1. The number of nitrogens with two attached hydrogens (primary N) is 1. The minimum Gasteiger partial charge on any atom is -0.329 e. The quantitative estimate of drug-likeness (QED) is 0.931. The Morgan fingerprint density at radius 3 is 2.95 bits per heavy atom. The third-order valence-corrected chi connectivity index (χ3v) is 4.49. The maximum atomic E-state index is 5.97. The summed E-state index contributed by atoms with van der Waals surface area (Å²) >= 11 is 0. The summed E-state index contributed by atoms with van der Waals surface area (Å²) in [6, 6.07) is 13.1. The van der Waals surface area contributed by atoms with E-state index in [1.54, 1.807) is 0 Å². The van der Waals surface area contributed by atoms with E-state index in [-0.39, 0.29) is 0 Å². The second-order valence-corrected chi connectivity index (χ2v) is 5.89. The Morgan fingerprint density at radius 1 is 1.25 bits per heavy atom. The molecule has 2 unspecified atom stereocenters. The van der Waals surface area contributed by atoms with Gasteiger partial charge in [-0.3, -0.25) is 9.88 Å². The van der Waals surface area contributed by atoms with Crippen LogP contribution in [0.2, 0.25) is 0 Å². The molecule has 2 N–H and O–H groups in total. The van der Waals surface area contributed by atoms with E-state index in [4.69, 9.17) is 10.7 Å². The van der Waals surface area contributed by atoms with Crippen LogP contribution in [0.4, 0.5) is 0 Å². The summed E-state index contributed by atoms with van der Waals surface area (Å²) in [6.45, 7) is 5.12. The average Bonchev–Trinajstić information content (AvgIpc) is 2.47. The number of piperidine rings is 1. The molecule has 1 aliphatic heterocycles. The van der Waals surface area contributed by atoms with E-state index in [1.807, 2.05) is 6.07 Å². The first-order valence-electron chi connectivity index (χ1n) is 7.56. The summed E-state index contributed by atoms with van der Waals surface area (Å²) in [7, 11) is 0. The minimum atomic E-state index is 0.497. The molecule has 0 spiro atoms. The van der Waals surface area contributed by atoms with Crippen LogP contribution in [0.1, 0.15) is 25.5 Å². The zero-order chi connectivity index (χ0) is 13.9. The Balaban J connectivity index is 1.81. The molecule has 0 bridgehead atoms. The van der Waals surface area contributed by atoms with Crippen LogP contribution in [0.25, 0.3) is 10.9 Å². The Bertz CT molecular complexity index is 581. The molecule has 2 atom stereocenters. The standard InChI is InChI=1S/C17H23N3/c1-13-5-4-10-20(17(13)11-18)12-15-9-8-14-6-2-3-7-16(14)19-15/h2-3,6-9,13,17H,4-5,10-12,18H2,1H3. The minimum absolute atomic E-state index is 0.497. The highest BCUT2D eigenvalue weighted by atomic mass is 15.2. The number of nitrogens with zero attached hydrogens (tertiary/aromatic N) is 2. The molecule has 1 aromatic carbocycles. The zero-order valence-corrected chi connectivity index (χ0v) is 12.1. The molecule has 106 valence electrons. The van der Waals surface area contributed by atoms with E-state index >= 15 is 0 Å². The first-order valence-corrected chi connectivity index (χ1v) is 7.56. The van der Waals surface area contributed by atoms with Crippen molar-refractivity contribution in [2.45, 2.75) is 32.4 Å². The smallest absolute Gasteiger partial charge is 0.0705 e. The molecule has 2 heterocycles. The first kappa shape index (κ1) is 13.5. The largest absolute Gasteiger partial charge is 0.329 e. The molecule has 1 saturated heterocycles. The first-order chi connectivity index (χ1) is 9.78. The van der Waals surface area contributed by atoms with Crippen molar-refractivity contribution >= 4 is 10.9 Å². The van der Waals surface area contributed by atoms with Crippen molar-refractivity contribution in [3.63, 3.8) is 0 Å². The van der Waals surface area contributed by atoms with E-state index in [0.29, 0.717) is 12.0 Å². The van der Waals surface area contributed by atoms with Crippen molar-refractivity contribution in [1.29, 1.82) is 0 Å². The van der Waals surface area contributed by atoms with Gasteiger partial charge < -0.3 is 5.73 Å². The van der Waals surface area contributed by atoms with Gasteiger partial charge in [-0.25, -0.2) is 0 Å². The molecule has 0 saturated carbocycles. The summed E-state index contributed by atoms with van der Waals surface area (Å²) in [5.74, 6) is 0.689. The van der Waals surface area contributed by atoms with E-state index in [1.165, 1.54) is 18.2 Å². The van der Waals surface area contributed by atoms with Crippen LogP contribution in [-0.4, -0.2) is 29.0 Å². The van der Waals surface area contributed by atoms with Gasteiger partial charge in [0.15, 0.2) is 0 Å². The van der Waals surface area contributed by atoms with Crippen LogP contribution in [0.5, 0.6) is 0 Å². The molecule has 1 fully saturated rings. The zero-order valence-electron chi connectivity index (χ0n) is 12.1. The normalized spacial score (nSPS) is 24.1. The summed E-state index contributed by atoms with van der Waals surface area (Å²) in [5.41, 5.74) is 8.20. The van der Waals surface area contributed by atoms with Gasteiger partial charge in [0.05, 0.1) is 11.2 Å². The molecule has 1 aliphatic rings. The summed E-state index contributed by atoms with van der Waals surface area (Å²) in [5, 5.41) is 1.21. The predicted octanol–water partition coefficient (Wildman–Crippen LogP) is 2.79. The highest BCUT2D eigenvalue weighted by Crippen LogP contribution is 2.24. The van der Waals surface area contributed by atoms with Crippen molar-refractivity contribution in [3.05, 3.63) is 42.1 Å². The monoisotopic (exact) mass is 269 g/mol. The fourth-order valence-electron chi connectivity index (χ4n) is 3.32. The van der Waals surface area contributed by atoms with Gasteiger partial charge in [-0.05, 0) is 37.4 Å². The van der Waals surface area contributed by atoms with Gasteiger partial charge in [0.2, 0.25) is 0 Å². The van der Waals surface area contributed by atoms with Crippen molar-refractivity contribution < 1.29 is 0 Å². The molecular formula is C17H23N3. The predicted molar refractivity (Wildman–Crippen MR) is 83.4 cm³/mol. The molecule has 3 heteroatoms. The van der Waals surface area contributed by atoms with Gasteiger partial charge in [0.25, 0.3) is 0 Å². The number of likely N-dealkylation sites (tertiary alicyclic amines) is 1. The lowest BCUT2D eigenvalue weighted by Crippen LogP contribution is -2.48. The van der Waals surface area contributed by atoms with Crippen LogP contribution < -0.4 is 5.73 Å². The van der Waals surface area contributed by atoms with Crippen molar-refractivity contribution in [2.24, 2.45) is 11.7 Å². The van der Waals surface area contributed by atoms with Gasteiger partial charge in [0, 0.05) is 24.5 Å². The van der Waals surface area contributed by atoms with Gasteiger partial charge in [-0.1, -0.05) is 31.2 Å². The fraction of sp³-hybridized carbons (Fsp3) is 0.471. The molecule has 2 aromatic rings. The number of para-hydroxylation sites is 1. The molecular weight excluding hydrogens is 246 g/mol. The van der Waals surface area contributed by atoms with E-state index in [2.05, 4.69) is 42.2 Å². The molecule has 0 amide bonds. The van der Waals surface area contributed by atoms with E-state index in [9.17, 15) is 0 Å². The Morgan fingerprint density at radius 2 is 2.10 bits per heavy atom. The van der Waals surface area contributed by atoms with Crippen LogP contribution in [0, 0.1) is 5.92 Å².